The molecule has 0 saturated carbocycles. The molecule has 0 aliphatic carbocycles. The first-order chi connectivity index (χ1) is 7.24. The van der Waals surface area contributed by atoms with Gasteiger partial charge in [0.2, 0.25) is 5.75 Å². The van der Waals surface area contributed by atoms with E-state index < -0.39 is 0 Å². The number of phenolic OH excluding ortho intramolecular Hbond substituents is 1. The second kappa shape index (κ2) is 5.24. The van der Waals surface area contributed by atoms with Crippen molar-refractivity contribution in [3.05, 3.63) is 17.7 Å². The van der Waals surface area contributed by atoms with E-state index in [0.717, 1.165) is 6.29 Å². The molecule has 0 heterocycles. The van der Waals surface area contributed by atoms with Crippen LogP contribution in [0.5, 0.6) is 17.2 Å². The number of hydrogen-bond donors (Lipinski definition) is 1. The molecular formula is C11H14O4. The molecule has 0 spiro atoms. The van der Waals surface area contributed by atoms with Crippen LogP contribution in [0.3, 0.4) is 0 Å². The zero-order valence-electron chi connectivity index (χ0n) is 8.82. The van der Waals surface area contributed by atoms with Gasteiger partial charge in [0.1, 0.15) is 6.29 Å². The number of carbonyl (C=O) groups excluding carboxylic acids is 1. The van der Waals surface area contributed by atoms with Gasteiger partial charge in [0, 0.05) is 6.42 Å². The minimum atomic E-state index is 0.0405. The third-order valence-corrected chi connectivity index (χ3v) is 2.13. The molecule has 4 nitrogen and oxygen atoms in total. The summed E-state index contributed by atoms with van der Waals surface area (Å²) in [6.45, 7) is 0. The van der Waals surface area contributed by atoms with Gasteiger partial charge in [0.25, 0.3) is 0 Å². The predicted molar refractivity (Wildman–Crippen MR) is 55.6 cm³/mol. The summed E-state index contributed by atoms with van der Waals surface area (Å²) in [6.07, 6.45) is 1.69. The van der Waals surface area contributed by atoms with Crippen LogP contribution < -0.4 is 9.47 Å². The van der Waals surface area contributed by atoms with E-state index in [0.29, 0.717) is 29.9 Å². The summed E-state index contributed by atoms with van der Waals surface area (Å²) in [4.78, 5) is 10.2. The minimum Gasteiger partial charge on any atom is -0.504 e. The molecule has 1 aromatic carbocycles. The molecule has 0 aliphatic rings. The van der Waals surface area contributed by atoms with E-state index in [1.807, 2.05) is 0 Å². The molecule has 0 atom stereocenters. The summed E-state index contributed by atoms with van der Waals surface area (Å²) in [6, 6.07) is 3.43. The van der Waals surface area contributed by atoms with Gasteiger partial charge in [-0.2, -0.15) is 0 Å². The monoisotopic (exact) mass is 210 g/mol. The highest BCUT2D eigenvalue weighted by molar-refractivity contribution is 5.57. The fourth-order valence-corrected chi connectivity index (χ4v) is 1.37. The zero-order valence-corrected chi connectivity index (χ0v) is 8.82. The maximum Gasteiger partial charge on any atom is 0.203 e. The second-order valence-electron chi connectivity index (χ2n) is 3.01. The van der Waals surface area contributed by atoms with Gasteiger partial charge in [-0.25, -0.2) is 0 Å². The number of methoxy groups -OCH3 is 2. The summed E-state index contributed by atoms with van der Waals surface area (Å²) >= 11 is 0. The number of aldehydes is 1. The summed E-state index contributed by atoms with van der Waals surface area (Å²) < 4.78 is 10.0. The first kappa shape index (κ1) is 11.4. The van der Waals surface area contributed by atoms with Crippen molar-refractivity contribution in [3.63, 3.8) is 0 Å². The molecule has 0 unspecified atom stereocenters. The molecule has 15 heavy (non-hydrogen) atoms. The number of phenols is 1. The average molecular weight is 210 g/mol. The van der Waals surface area contributed by atoms with E-state index in [-0.39, 0.29) is 5.75 Å². The average Bonchev–Trinajstić information content (AvgIpc) is 2.27. The van der Waals surface area contributed by atoms with Crippen LogP contribution in [0.2, 0.25) is 0 Å². The molecule has 0 aliphatic heterocycles. The smallest absolute Gasteiger partial charge is 0.203 e. The molecule has 0 radical (unpaired) electrons. The molecule has 1 aromatic rings. The number of benzene rings is 1. The van der Waals surface area contributed by atoms with Crippen molar-refractivity contribution in [3.8, 4) is 17.2 Å². The number of hydrogen-bond acceptors (Lipinski definition) is 4. The van der Waals surface area contributed by atoms with Gasteiger partial charge in [-0.3, -0.25) is 0 Å². The highest BCUT2D eigenvalue weighted by Crippen LogP contribution is 2.39. The second-order valence-corrected chi connectivity index (χ2v) is 3.01. The van der Waals surface area contributed by atoms with Gasteiger partial charge in [-0.05, 0) is 18.1 Å². The Morgan fingerprint density at radius 2 is 2.07 bits per heavy atom. The first-order valence-corrected chi connectivity index (χ1v) is 4.61. The standard InChI is InChI=1S/C11H14O4/c1-14-9-6-5-8(4-3-7-12)10(13)11(9)15-2/h5-7,13H,3-4H2,1-2H3. The van der Waals surface area contributed by atoms with Crippen LogP contribution in [0.1, 0.15) is 12.0 Å². The SMILES string of the molecule is COc1ccc(CCC=O)c(O)c1OC. The Hall–Kier alpha value is -1.71. The van der Waals surface area contributed by atoms with E-state index in [1.54, 1.807) is 12.1 Å². The number of aryl methyl sites for hydroxylation is 1. The van der Waals surface area contributed by atoms with Crippen molar-refractivity contribution in [1.82, 2.24) is 0 Å². The van der Waals surface area contributed by atoms with Crippen LogP contribution in [-0.2, 0) is 11.2 Å². The van der Waals surface area contributed by atoms with Gasteiger partial charge in [0.05, 0.1) is 14.2 Å². The lowest BCUT2D eigenvalue weighted by Gasteiger charge is -2.11. The molecule has 0 bridgehead atoms. The van der Waals surface area contributed by atoms with Crippen LogP contribution in [-0.4, -0.2) is 25.6 Å². The van der Waals surface area contributed by atoms with Crippen LogP contribution in [0.25, 0.3) is 0 Å². The fourth-order valence-electron chi connectivity index (χ4n) is 1.37. The lowest BCUT2D eigenvalue weighted by molar-refractivity contribution is -0.107. The molecule has 1 rings (SSSR count). The normalized spacial score (nSPS) is 9.73. The first-order valence-electron chi connectivity index (χ1n) is 4.61. The maximum atomic E-state index is 10.2. The summed E-state index contributed by atoms with van der Waals surface area (Å²) in [5.74, 6) is 0.824. The quantitative estimate of drug-likeness (QED) is 0.749. The van der Waals surface area contributed by atoms with Crippen molar-refractivity contribution >= 4 is 6.29 Å². The van der Waals surface area contributed by atoms with Crippen LogP contribution >= 0.6 is 0 Å². The number of rotatable bonds is 5. The maximum absolute atomic E-state index is 10.2. The number of aromatic hydroxyl groups is 1. The molecule has 0 saturated heterocycles. The highest BCUT2D eigenvalue weighted by atomic mass is 16.5. The van der Waals surface area contributed by atoms with Crippen molar-refractivity contribution in [2.75, 3.05) is 14.2 Å². The molecule has 0 fully saturated rings. The molecule has 4 heteroatoms. The van der Waals surface area contributed by atoms with Crippen molar-refractivity contribution in [1.29, 1.82) is 0 Å². The largest absolute Gasteiger partial charge is 0.504 e. The lowest BCUT2D eigenvalue weighted by Crippen LogP contribution is -1.94. The number of ether oxygens (including phenoxy) is 2. The van der Waals surface area contributed by atoms with Crippen molar-refractivity contribution in [2.24, 2.45) is 0 Å². The summed E-state index contributed by atoms with van der Waals surface area (Å²) in [5, 5.41) is 9.81. The van der Waals surface area contributed by atoms with Gasteiger partial charge >= 0.3 is 0 Å². The van der Waals surface area contributed by atoms with Crippen LogP contribution in [0, 0.1) is 0 Å². The summed E-state index contributed by atoms with van der Waals surface area (Å²) in [7, 11) is 2.96. The van der Waals surface area contributed by atoms with Crippen molar-refractivity contribution < 1.29 is 19.4 Å². The molecule has 82 valence electrons. The Labute approximate surface area is 88.4 Å². The minimum absolute atomic E-state index is 0.0405. The number of carbonyl (C=O) groups is 1. The molecule has 0 amide bonds. The fraction of sp³-hybridized carbons (Fsp3) is 0.364. The molecule has 1 N–H and O–H groups in total. The van der Waals surface area contributed by atoms with Gasteiger partial charge in [-0.15, -0.1) is 0 Å². The Kier molecular flexibility index (Phi) is 3.97. The Balaban J connectivity index is 3.05. The zero-order chi connectivity index (χ0) is 11.3. The van der Waals surface area contributed by atoms with E-state index in [2.05, 4.69) is 0 Å². The predicted octanol–water partition coefficient (Wildman–Crippen LogP) is 1.54. The third kappa shape index (κ3) is 2.40. The van der Waals surface area contributed by atoms with Gasteiger partial charge in [-0.1, -0.05) is 6.07 Å². The lowest BCUT2D eigenvalue weighted by atomic mass is 10.1. The Morgan fingerprint density at radius 3 is 2.60 bits per heavy atom. The van der Waals surface area contributed by atoms with Gasteiger partial charge < -0.3 is 19.4 Å². The van der Waals surface area contributed by atoms with Crippen molar-refractivity contribution in [2.45, 2.75) is 12.8 Å². The third-order valence-electron chi connectivity index (χ3n) is 2.13. The summed E-state index contributed by atoms with van der Waals surface area (Å²) in [5.41, 5.74) is 0.680. The van der Waals surface area contributed by atoms with E-state index in [9.17, 15) is 9.90 Å². The molecule has 0 aromatic heterocycles. The van der Waals surface area contributed by atoms with E-state index in [4.69, 9.17) is 9.47 Å². The topological polar surface area (TPSA) is 55.8 Å². The van der Waals surface area contributed by atoms with Gasteiger partial charge in [0.15, 0.2) is 11.5 Å². The molecular weight excluding hydrogens is 196 g/mol. The van der Waals surface area contributed by atoms with Crippen LogP contribution in [0.15, 0.2) is 12.1 Å². The van der Waals surface area contributed by atoms with E-state index in [1.165, 1.54) is 14.2 Å². The Morgan fingerprint density at radius 1 is 1.33 bits per heavy atom. The Bertz CT molecular complexity index is 347. The highest BCUT2D eigenvalue weighted by Gasteiger charge is 2.13. The van der Waals surface area contributed by atoms with E-state index >= 15 is 0 Å². The van der Waals surface area contributed by atoms with Crippen LogP contribution in [0.4, 0.5) is 0 Å².